The molecule has 0 atom stereocenters. The van der Waals surface area contributed by atoms with Gasteiger partial charge in [0.2, 0.25) is 0 Å². The van der Waals surface area contributed by atoms with Crippen molar-refractivity contribution >= 4 is 27.5 Å². The monoisotopic (exact) mass is 209 g/mol. The van der Waals surface area contributed by atoms with E-state index >= 15 is 0 Å². The maximum Gasteiger partial charge on any atom is 0.189 e. The minimum absolute atomic E-state index is 0.811. The Bertz CT molecular complexity index is 744. The molecule has 0 aliphatic carbocycles. The van der Waals surface area contributed by atoms with Crippen molar-refractivity contribution in [3.05, 3.63) is 42.9 Å². The number of rotatable bonds is 0. The smallest absolute Gasteiger partial charge is 0.189 e. The summed E-state index contributed by atoms with van der Waals surface area (Å²) in [7, 11) is 0. The van der Waals surface area contributed by atoms with E-state index in [0.717, 1.165) is 27.5 Å². The van der Waals surface area contributed by atoms with Crippen LogP contribution in [0.15, 0.2) is 47.4 Å². The van der Waals surface area contributed by atoms with Gasteiger partial charge in [0.25, 0.3) is 0 Å². The van der Waals surface area contributed by atoms with Gasteiger partial charge in [-0.15, -0.1) is 0 Å². The molecular formula is C12H7N3O. The van der Waals surface area contributed by atoms with Crippen molar-refractivity contribution in [1.29, 1.82) is 0 Å². The van der Waals surface area contributed by atoms with Crippen LogP contribution in [-0.4, -0.2) is 14.5 Å². The van der Waals surface area contributed by atoms with Gasteiger partial charge in [-0.25, -0.2) is 4.98 Å². The van der Waals surface area contributed by atoms with Crippen LogP contribution in [0.2, 0.25) is 0 Å². The zero-order chi connectivity index (χ0) is 10.5. The third-order valence-corrected chi connectivity index (χ3v) is 2.88. The van der Waals surface area contributed by atoms with Crippen LogP contribution < -0.4 is 0 Å². The summed E-state index contributed by atoms with van der Waals surface area (Å²) in [4.78, 5) is 4.36. The largest absolute Gasteiger partial charge is 0.362 e. The molecule has 0 saturated carbocycles. The van der Waals surface area contributed by atoms with Gasteiger partial charge in [-0.3, -0.25) is 4.40 Å². The summed E-state index contributed by atoms with van der Waals surface area (Å²) in [6.45, 7) is 0. The summed E-state index contributed by atoms with van der Waals surface area (Å²) < 4.78 is 7.00. The van der Waals surface area contributed by atoms with Crippen LogP contribution in [0.1, 0.15) is 0 Å². The fraction of sp³-hybridized carbons (Fsp3) is 0. The van der Waals surface area contributed by atoms with E-state index in [0.29, 0.717) is 0 Å². The van der Waals surface area contributed by atoms with E-state index in [4.69, 9.17) is 4.52 Å². The van der Waals surface area contributed by atoms with Crippen molar-refractivity contribution in [2.75, 3.05) is 0 Å². The van der Waals surface area contributed by atoms with Crippen molar-refractivity contribution in [3.8, 4) is 0 Å². The normalized spacial score (nSPS) is 11.8. The van der Waals surface area contributed by atoms with Crippen LogP contribution in [-0.2, 0) is 0 Å². The van der Waals surface area contributed by atoms with E-state index in [-0.39, 0.29) is 0 Å². The molecule has 0 amide bonds. The predicted octanol–water partition coefficient (Wildman–Crippen LogP) is 2.63. The zero-order valence-electron chi connectivity index (χ0n) is 8.29. The molecule has 0 saturated heterocycles. The van der Waals surface area contributed by atoms with Crippen molar-refractivity contribution in [3.63, 3.8) is 0 Å². The minimum Gasteiger partial charge on any atom is -0.362 e. The molecule has 16 heavy (non-hydrogen) atoms. The highest BCUT2D eigenvalue weighted by molar-refractivity contribution is 6.10. The van der Waals surface area contributed by atoms with Gasteiger partial charge >= 0.3 is 0 Å². The van der Waals surface area contributed by atoms with Crippen LogP contribution >= 0.6 is 0 Å². The Hall–Kier alpha value is -2.36. The third kappa shape index (κ3) is 0.798. The molecule has 1 aromatic carbocycles. The summed E-state index contributed by atoms with van der Waals surface area (Å²) in [5.74, 6) is 0. The summed E-state index contributed by atoms with van der Waals surface area (Å²) in [6, 6.07) is 8.14. The van der Waals surface area contributed by atoms with E-state index in [9.17, 15) is 0 Å². The lowest BCUT2D eigenvalue weighted by Gasteiger charge is -2.01. The molecule has 0 N–H and O–H groups in total. The van der Waals surface area contributed by atoms with E-state index < -0.39 is 0 Å². The van der Waals surface area contributed by atoms with Gasteiger partial charge in [0.1, 0.15) is 11.9 Å². The second-order valence-electron chi connectivity index (χ2n) is 3.72. The van der Waals surface area contributed by atoms with E-state index in [1.807, 2.05) is 22.7 Å². The molecular weight excluding hydrogens is 202 g/mol. The summed E-state index contributed by atoms with van der Waals surface area (Å²) >= 11 is 0. The lowest BCUT2D eigenvalue weighted by Crippen LogP contribution is -1.88. The number of nitrogens with zero attached hydrogens (tertiary/aromatic N) is 3. The molecule has 0 aliphatic heterocycles. The average Bonchev–Trinajstić information content (AvgIpc) is 2.98. The third-order valence-electron chi connectivity index (χ3n) is 2.88. The van der Waals surface area contributed by atoms with Gasteiger partial charge in [0.05, 0.1) is 5.39 Å². The van der Waals surface area contributed by atoms with Crippen LogP contribution in [0.4, 0.5) is 0 Å². The zero-order valence-corrected chi connectivity index (χ0v) is 8.29. The highest BCUT2D eigenvalue weighted by atomic mass is 16.5. The topological polar surface area (TPSA) is 43.3 Å². The number of aromatic nitrogens is 3. The molecule has 0 unspecified atom stereocenters. The molecule has 3 heterocycles. The van der Waals surface area contributed by atoms with Crippen LogP contribution in [0, 0.1) is 0 Å². The van der Waals surface area contributed by atoms with Gasteiger partial charge in [-0.05, 0) is 5.39 Å². The van der Waals surface area contributed by atoms with E-state index in [1.54, 1.807) is 12.5 Å². The number of hydrogen-bond donors (Lipinski definition) is 0. The first-order valence-electron chi connectivity index (χ1n) is 5.03. The van der Waals surface area contributed by atoms with Crippen LogP contribution in [0.3, 0.4) is 0 Å². The molecule has 0 aliphatic rings. The summed E-state index contributed by atoms with van der Waals surface area (Å²) in [5.41, 5.74) is 1.73. The second-order valence-corrected chi connectivity index (χ2v) is 3.72. The number of imidazole rings is 1. The Labute approximate surface area is 90.1 Å². The molecule has 4 nitrogen and oxygen atoms in total. The average molecular weight is 209 g/mol. The molecule has 0 radical (unpaired) electrons. The molecule has 4 heteroatoms. The molecule has 0 bridgehead atoms. The Morgan fingerprint density at radius 3 is 2.81 bits per heavy atom. The van der Waals surface area contributed by atoms with E-state index in [2.05, 4.69) is 22.3 Å². The molecule has 4 aromatic rings. The predicted molar refractivity (Wildman–Crippen MR) is 60.3 cm³/mol. The highest BCUT2D eigenvalue weighted by Gasteiger charge is 2.10. The first-order chi connectivity index (χ1) is 7.95. The second kappa shape index (κ2) is 2.61. The van der Waals surface area contributed by atoms with Crippen molar-refractivity contribution in [1.82, 2.24) is 14.5 Å². The lowest BCUT2D eigenvalue weighted by atomic mass is 10.1. The first kappa shape index (κ1) is 7.87. The van der Waals surface area contributed by atoms with Crippen molar-refractivity contribution < 1.29 is 4.52 Å². The quantitative estimate of drug-likeness (QED) is 0.447. The van der Waals surface area contributed by atoms with Crippen LogP contribution in [0.25, 0.3) is 27.5 Å². The highest BCUT2D eigenvalue weighted by Crippen LogP contribution is 2.27. The summed E-state index contributed by atoms with van der Waals surface area (Å²) in [5, 5.41) is 7.27. The first-order valence-corrected chi connectivity index (χ1v) is 5.03. The van der Waals surface area contributed by atoms with Crippen molar-refractivity contribution in [2.24, 2.45) is 0 Å². The molecule has 0 spiro atoms. The minimum atomic E-state index is 0.811. The number of benzene rings is 1. The Balaban J connectivity index is 2.51. The number of hydrogen-bond acceptors (Lipinski definition) is 3. The van der Waals surface area contributed by atoms with Crippen molar-refractivity contribution in [2.45, 2.75) is 0 Å². The Kier molecular flexibility index (Phi) is 1.28. The maximum atomic E-state index is 5.05. The maximum absolute atomic E-state index is 5.05. The van der Waals surface area contributed by atoms with Gasteiger partial charge in [0.15, 0.2) is 5.65 Å². The number of pyridine rings is 1. The molecule has 4 rings (SSSR count). The van der Waals surface area contributed by atoms with Crippen LogP contribution in [0.5, 0.6) is 0 Å². The molecule has 3 aromatic heterocycles. The summed E-state index contributed by atoms with van der Waals surface area (Å²) in [6.07, 6.45) is 5.35. The van der Waals surface area contributed by atoms with Gasteiger partial charge in [-0.1, -0.05) is 29.4 Å². The van der Waals surface area contributed by atoms with Gasteiger partial charge < -0.3 is 4.52 Å². The standard InChI is InChI=1S/C12H7N3O/c1-2-4-9-8(3-1)10-7-16-14-12(10)15-6-5-13-11(9)15/h1-7H. The fourth-order valence-electron chi connectivity index (χ4n) is 2.18. The molecule has 0 fully saturated rings. The van der Waals surface area contributed by atoms with Gasteiger partial charge in [0, 0.05) is 17.8 Å². The Morgan fingerprint density at radius 2 is 1.88 bits per heavy atom. The van der Waals surface area contributed by atoms with Gasteiger partial charge in [-0.2, -0.15) is 0 Å². The molecule has 76 valence electrons. The fourth-order valence-corrected chi connectivity index (χ4v) is 2.18. The SMILES string of the molecule is c1ccc2c(c1)c1conc1n1ccnc21. The number of fused-ring (bicyclic) bond motifs is 6. The van der Waals surface area contributed by atoms with E-state index in [1.165, 1.54) is 0 Å². The Morgan fingerprint density at radius 1 is 1.00 bits per heavy atom. The lowest BCUT2D eigenvalue weighted by molar-refractivity contribution is 0.426.